The summed E-state index contributed by atoms with van der Waals surface area (Å²) in [6.45, 7) is 6.93. The zero-order valence-corrected chi connectivity index (χ0v) is 14.3. The molecule has 1 amide bonds. The van der Waals surface area contributed by atoms with Gasteiger partial charge in [-0.2, -0.15) is 0 Å². The lowest BCUT2D eigenvalue weighted by atomic mass is 9.79. The molecule has 1 saturated heterocycles. The maximum absolute atomic E-state index is 12.1. The molecule has 1 aromatic carbocycles. The highest BCUT2D eigenvalue weighted by atomic mass is 35.5. The maximum Gasteiger partial charge on any atom is 0.237 e. The van der Waals surface area contributed by atoms with Gasteiger partial charge in [-0.05, 0) is 30.7 Å². The monoisotopic (exact) mass is 326 g/mol. The van der Waals surface area contributed by atoms with E-state index in [4.69, 9.17) is 0 Å². The number of benzene rings is 1. The molecule has 1 fully saturated rings. The number of aliphatic hydroxyl groups is 1. The molecular weight excluding hydrogens is 300 g/mol. The average Bonchev–Trinajstić information content (AvgIpc) is 2.86. The van der Waals surface area contributed by atoms with Gasteiger partial charge < -0.3 is 15.7 Å². The van der Waals surface area contributed by atoms with Crippen LogP contribution in [0.25, 0.3) is 0 Å². The molecular formula is C17H27ClN2O2. The molecule has 0 saturated carbocycles. The summed E-state index contributed by atoms with van der Waals surface area (Å²) in [6.07, 6.45) is 0.968. The summed E-state index contributed by atoms with van der Waals surface area (Å²) in [5.41, 5.74) is 1.29. The third kappa shape index (κ3) is 4.97. The van der Waals surface area contributed by atoms with Crippen LogP contribution in [0.5, 0.6) is 0 Å². The molecule has 3 N–H and O–H groups in total. The quantitative estimate of drug-likeness (QED) is 0.775. The van der Waals surface area contributed by atoms with E-state index in [9.17, 15) is 9.90 Å². The molecule has 0 bridgehead atoms. The SMILES string of the molecule is CC(CC(C)(C)c1ccccc1)NC(=O)C1CC(O)CN1.Cl. The van der Waals surface area contributed by atoms with Gasteiger partial charge >= 0.3 is 0 Å². The largest absolute Gasteiger partial charge is 0.392 e. The normalized spacial score (nSPS) is 22.7. The van der Waals surface area contributed by atoms with Gasteiger partial charge in [0.1, 0.15) is 0 Å². The number of rotatable bonds is 5. The van der Waals surface area contributed by atoms with Crippen molar-refractivity contribution in [2.75, 3.05) is 6.54 Å². The molecule has 0 aromatic heterocycles. The molecule has 124 valence electrons. The van der Waals surface area contributed by atoms with Crippen LogP contribution in [0.15, 0.2) is 30.3 Å². The Morgan fingerprint density at radius 2 is 2.05 bits per heavy atom. The lowest BCUT2D eigenvalue weighted by Crippen LogP contribution is -2.45. The second-order valence-corrected chi connectivity index (χ2v) is 6.71. The molecule has 22 heavy (non-hydrogen) atoms. The number of hydrogen-bond acceptors (Lipinski definition) is 3. The fourth-order valence-corrected chi connectivity index (χ4v) is 3.08. The maximum atomic E-state index is 12.1. The highest BCUT2D eigenvalue weighted by Gasteiger charge is 2.30. The number of aliphatic hydroxyl groups excluding tert-OH is 1. The minimum absolute atomic E-state index is 0. The number of β-amino-alcohol motifs (C(OH)–C–C–N with tert-alkyl or cyclic N) is 1. The van der Waals surface area contributed by atoms with Crippen LogP contribution >= 0.6 is 12.4 Å². The van der Waals surface area contributed by atoms with Crippen molar-refractivity contribution in [3.63, 3.8) is 0 Å². The first-order chi connectivity index (χ1) is 9.88. The summed E-state index contributed by atoms with van der Waals surface area (Å²) in [7, 11) is 0. The van der Waals surface area contributed by atoms with Crippen molar-refractivity contribution in [1.29, 1.82) is 0 Å². The van der Waals surface area contributed by atoms with Gasteiger partial charge in [0.2, 0.25) is 5.91 Å². The van der Waals surface area contributed by atoms with Crippen LogP contribution < -0.4 is 10.6 Å². The zero-order valence-electron chi connectivity index (χ0n) is 13.5. The minimum atomic E-state index is -0.406. The first kappa shape index (κ1) is 18.9. The molecule has 1 aliphatic rings. The first-order valence-corrected chi connectivity index (χ1v) is 7.66. The number of hydrogen-bond donors (Lipinski definition) is 3. The Morgan fingerprint density at radius 1 is 1.41 bits per heavy atom. The van der Waals surface area contributed by atoms with Crippen LogP contribution in [0, 0.1) is 0 Å². The second kappa shape index (κ2) is 7.95. The Balaban J connectivity index is 0.00000242. The van der Waals surface area contributed by atoms with E-state index >= 15 is 0 Å². The number of carbonyl (C=O) groups excluding carboxylic acids is 1. The van der Waals surface area contributed by atoms with Gasteiger partial charge in [0.25, 0.3) is 0 Å². The van der Waals surface area contributed by atoms with Crippen molar-refractivity contribution >= 4 is 18.3 Å². The Kier molecular flexibility index (Phi) is 6.85. The smallest absolute Gasteiger partial charge is 0.237 e. The third-order valence-corrected chi connectivity index (χ3v) is 4.18. The summed E-state index contributed by atoms with van der Waals surface area (Å²) in [6, 6.07) is 10.2. The predicted octanol–water partition coefficient (Wildman–Crippen LogP) is 2.00. The molecule has 1 aliphatic heterocycles. The molecule has 0 spiro atoms. The molecule has 0 radical (unpaired) electrons. The Morgan fingerprint density at radius 3 is 2.59 bits per heavy atom. The first-order valence-electron chi connectivity index (χ1n) is 7.66. The number of halogens is 1. The van der Waals surface area contributed by atoms with Gasteiger partial charge in [0, 0.05) is 12.6 Å². The number of amides is 1. The van der Waals surface area contributed by atoms with E-state index in [1.165, 1.54) is 5.56 Å². The lowest BCUT2D eigenvalue weighted by molar-refractivity contribution is -0.123. The summed E-state index contributed by atoms with van der Waals surface area (Å²) in [4.78, 5) is 12.1. The van der Waals surface area contributed by atoms with Gasteiger partial charge in [-0.25, -0.2) is 0 Å². The van der Waals surface area contributed by atoms with Crippen molar-refractivity contribution in [2.45, 2.75) is 57.2 Å². The van der Waals surface area contributed by atoms with Crippen LogP contribution in [-0.2, 0) is 10.2 Å². The van der Waals surface area contributed by atoms with E-state index in [1.807, 2.05) is 25.1 Å². The highest BCUT2D eigenvalue weighted by molar-refractivity contribution is 5.85. The fraction of sp³-hybridized carbons (Fsp3) is 0.588. The average molecular weight is 327 g/mol. The highest BCUT2D eigenvalue weighted by Crippen LogP contribution is 2.28. The zero-order chi connectivity index (χ0) is 15.5. The molecule has 3 unspecified atom stereocenters. The third-order valence-electron chi connectivity index (χ3n) is 4.18. The summed E-state index contributed by atoms with van der Waals surface area (Å²) >= 11 is 0. The minimum Gasteiger partial charge on any atom is -0.392 e. The van der Waals surface area contributed by atoms with Gasteiger partial charge in [0.15, 0.2) is 0 Å². The fourth-order valence-electron chi connectivity index (χ4n) is 3.08. The second-order valence-electron chi connectivity index (χ2n) is 6.71. The number of carbonyl (C=O) groups is 1. The van der Waals surface area contributed by atoms with E-state index in [2.05, 4.69) is 36.6 Å². The molecule has 1 aromatic rings. The summed E-state index contributed by atoms with van der Waals surface area (Å²) in [5, 5.41) is 15.6. The van der Waals surface area contributed by atoms with Crippen molar-refractivity contribution < 1.29 is 9.90 Å². The van der Waals surface area contributed by atoms with Gasteiger partial charge in [-0.1, -0.05) is 44.2 Å². The van der Waals surface area contributed by atoms with Crippen molar-refractivity contribution in [3.8, 4) is 0 Å². The summed E-state index contributed by atoms with van der Waals surface area (Å²) in [5.74, 6) is -0.0112. The van der Waals surface area contributed by atoms with Crippen LogP contribution in [0.1, 0.15) is 39.2 Å². The van der Waals surface area contributed by atoms with Gasteiger partial charge in [-0.15, -0.1) is 12.4 Å². The predicted molar refractivity (Wildman–Crippen MR) is 91.4 cm³/mol. The standard InChI is InChI=1S/C17H26N2O2.ClH/c1-12(19-16(21)15-9-14(20)11-18-15)10-17(2,3)13-7-5-4-6-8-13;/h4-8,12,14-15,18,20H,9-11H2,1-3H3,(H,19,21);1H. The van der Waals surface area contributed by atoms with Crippen molar-refractivity contribution in [1.82, 2.24) is 10.6 Å². The van der Waals surface area contributed by atoms with Gasteiger partial charge in [-0.3, -0.25) is 4.79 Å². The summed E-state index contributed by atoms with van der Waals surface area (Å²) < 4.78 is 0. The van der Waals surface area contributed by atoms with Crippen molar-refractivity contribution in [2.24, 2.45) is 0 Å². The Hall–Kier alpha value is -1.10. The van der Waals surface area contributed by atoms with E-state index in [0.29, 0.717) is 13.0 Å². The Labute approximate surface area is 139 Å². The van der Waals surface area contributed by atoms with Crippen LogP contribution in [-0.4, -0.2) is 35.7 Å². The number of nitrogens with one attached hydrogen (secondary N) is 2. The Bertz CT molecular complexity index is 479. The van der Waals surface area contributed by atoms with Crippen LogP contribution in [0.4, 0.5) is 0 Å². The van der Waals surface area contributed by atoms with E-state index < -0.39 is 6.10 Å². The molecule has 0 aliphatic carbocycles. The molecule has 1 heterocycles. The molecule has 3 atom stereocenters. The molecule has 4 nitrogen and oxygen atoms in total. The van der Waals surface area contributed by atoms with E-state index in [-0.39, 0.29) is 35.8 Å². The lowest BCUT2D eigenvalue weighted by Gasteiger charge is -2.29. The van der Waals surface area contributed by atoms with Crippen molar-refractivity contribution in [3.05, 3.63) is 35.9 Å². The topological polar surface area (TPSA) is 61.4 Å². The van der Waals surface area contributed by atoms with Gasteiger partial charge in [0.05, 0.1) is 12.1 Å². The van der Waals surface area contributed by atoms with E-state index in [1.54, 1.807) is 0 Å². The van der Waals surface area contributed by atoms with E-state index in [0.717, 1.165) is 6.42 Å². The molecule has 2 rings (SSSR count). The van der Waals surface area contributed by atoms with Crippen LogP contribution in [0.3, 0.4) is 0 Å². The molecule has 5 heteroatoms. The van der Waals surface area contributed by atoms with Crippen LogP contribution in [0.2, 0.25) is 0 Å².